The van der Waals surface area contributed by atoms with Crippen LogP contribution in [0.5, 0.6) is 11.5 Å². The van der Waals surface area contributed by atoms with Crippen LogP contribution in [0.2, 0.25) is 0 Å². The Morgan fingerprint density at radius 2 is 1.50 bits per heavy atom. The maximum atomic E-state index is 13.0. The fraction of sp³-hybridized carbons (Fsp3) is 0.333. The number of nitrogens with zero attached hydrogens (tertiary/aromatic N) is 3. The van der Waals surface area contributed by atoms with Crippen molar-refractivity contribution in [2.75, 3.05) is 27.3 Å². The lowest BCUT2D eigenvalue weighted by molar-refractivity contribution is 0.355. The maximum Gasteiger partial charge on any atom is 0.248 e. The molecule has 0 saturated carbocycles. The molecule has 9 heteroatoms. The lowest BCUT2D eigenvalue weighted by Crippen LogP contribution is -2.28. The van der Waals surface area contributed by atoms with Gasteiger partial charge in [-0.3, -0.25) is 0 Å². The largest absolute Gasteiger partial charge is 0.493 e. The minimum atomic E-state index is -3.55. The number of methoxy groups -OCH3 is 2. The number of ether oxygens (including phenoxy) is 2. The van der Waals surface area contributed by atoms with Crippen molar-refractivity contribution in [3.63, 3.8) is 0 Å². The molecule has 0 radical (unpaired) electrons. The van der Waals surface area contributed by atoms with Crippen LogP contribution in [0.25, 0.3) is 22.9 Å². The van der Waals surface area contributed by atoms with E-state index in [0.29, 0.717) is 47.2 Å². The summed E-state index contributed by atoms with van der Waals surface area (Å²) in [4.78, 5) is 0.271. The van der Waals surface area contributed by atoms with E-state index in [1.807, 2.05) is 0 Å². The summed E-state index contributed by atoms with van der Waals surface area (Å²) in [5.74, 6) is 1.69. The standard InChI is InChI=1S/C21H23N3O5S/c1-14-6-7-16(13-19(14)30(25,26)24-10-4-5-11-24)21-23-22-20(29-21)15-8-9-17(27-2)18(12-15)28-3/h6-9,12-13H,4-5,10-11H2,1-3H3. The second-order valence-corrected chi connectivity index (χ2v) is 8.98. The molecule has 1 saturated heterocycles. The summed E-state index contributed by atoms with van der Waals surface area (Å²) in [6, 6.07) is 10.4. The first-order chi connectivity index (χ1) is 14.4. The summed E-state index contributed by atoms with van der Waals surface area (Å²) in [6.45, 7) is 2.89. The number of aryl methyl sites for hydroxylation is 1. The van der Waals surface area contributed by atoms with Gasteiger partial charge in [-0.2, -0.15) is 4.31 Å². The van der Waals surface area contributed by atoms with Gasteiger partial charge in [0.15, 0.2) is 11.5 Å². The van der Waals surface area contributed by atoms with E-state index >= 15 is 0 Å². The van der Waals surface area contributed by atoms with E-state index in [0.717, 1.165) is 12.8 Å². The highest BCUT2D eigenvalue weighted by Crippen LogP contribution is 2.33. The van der Waals surface area contributed by atoms with Crippen LogP contribution >= 0.6 is 0 Å². The second kappa shape index (κ2) is 8.08. The molecule has 0 spiro atoms. The zero-order valence-electron chi connectivity index (χ0n) is 17.1. The van der Waals surface area contributed by atoms with E-state index in [1.54, 1.807) is 57.5 Å². The van der Waals surface area contributed by atoms with Gasteiger partial charge >= 0.3 is 0 Å². The van der Waals surface area contributed by atoms with Crippen LogP contribution in [0.4, 0.5) is 0 Å². The smallest absolute Gasteiger partial charge is 0.248 e. The molecule has 1 aliphatic heterocycles. The zero-order valence-corrected chi connectivity index (χ0v) is 17.9. The first-order valence-corrected chi connectivity index (χ1v) is 11.0. The first-order valence-electron chi connectivity index (χ1n) is 9.61. The van der Waals surface area contributed by atoms with E-state index in [1.165, 1.54) is 4.31 Å². The highest BCUT2D eigenvalue weighted by Gasteiger charge is 2.29. The van der Waals surface area contributed by atoms with Crippen molar-refractivity contribution in [1.29, 1.82) is 0 Å². The summed E-state index contributed by atoms with van der Waals surface area (Å²) in [6.07, 6.45) is 1.77. The SMILES string of the molecule is COc1ccc(-c2nnc(-c3ccc(C)c(S(=O)(=O)N4CCCC4)c3)o2)cc1OC. The summed E-state index contributed by atoms with van der Waals surface area (Å²) in [5, 5.41) is 8.23. The minimum absolute atomic E-state index is 0.248. The van der Waals surface area contributed by atoms with Gasteiger partial charge < -0.3 is 13.9 Å². The molecule has 0 N–H and O–H groups in total. The number of sulfonamides is 1. The summed E-state index contributed by atoms with van der Waals surface area (Å²) in [7, 11) is -0.435. The van der Waals surface area contributed by atoms with Gasteiger partial charge in [-0.25, -0.2) is 8.42 Å². The van der Waals surface area contributed by atoms with Crippen LogP contribution in [0.3, 0.4) is 0 Å². The van der Waals surface area contributed by atoms with Crippen LogP contribution in [0.15, 0.2) is 45.7 Å². The van der Waals surface area contributed by atoms with Gasteiger partial charge in [0.25, 0.3) is 0 Å². The molecule has 1 aliphatic rings. The van der Waals surface area contributed by atoms with Crippen LogP contribution in [0, 0.1) is 6.92 Å². The monoisotopic (exact) mass is 429 g/mol. The molecule has 0 aliphatic carbocycles. The van der Waals surface area contributed by atoms with E-state index in [2.05, 4.69) is 10.2 Å². The normalized spacial score (nSPS) is 14.8. The Bertz CT molecular complexity index is 1170. The zero-order chi connectivity index (χ0) is 21.3. The molecular formula is C21H23N3O5S. The van der Waals surface area contributed by atoms with Crippen LogP contribution in [-0.4, -0.2) is 50.2 Å². The van der Waals surface area contributed by atoms with Gasteiger partial charge in [0, 0.05) is 24.2 Å². The van der Waals surface area contributed by atoms with Crippen LogP contribution in [0.1, 0.15) is 18.4 Å². The van der Waals surface area contributed by atoms with E-state index < -0.39 is 10.0 Å². The molecule has 2 aromatic carbocycles. The quantitative estimate of drug-likeness (QED) is 0.592. The average Bonchev–Trinajstić information content (AvgIpc) is 3.46. The lowest BCUT2D eigenvalue weighted by atomic mass is 10.1. The van der Waals surface area contributed by atoms with Gasteiger partial charge in [0.1, 0.15) is 0 Å². The Morgan fingerprint density at radius 1 is 0.900 bits per heavy atom. The van der Waals surface area contributed by atoms with Gasteiger partial charge in [-0.1, -0.05) is 6.07 Å². The molecular weight excluding hydrogens is 406 g/mol. The van der Waals surface area contributed by atoms with Crippen molar-refractivity contribution >= 4 is 10.0 Å². The second-order valence-electron chi connectivity index (χ2n) is 7.07. The fourth-order valence-corrected chi connectivity index (χ4v) is 5.27. The molecule has 3 aromatic rings. The molecule has 0 atom stereocenters. The Kier molecular flexibility index (Phi) is 5.48. The Hall–Kier alpha value is -2.91. The predicted molar refractivity (Wildman–Crippen MR) is 111 cm³/mol. The van der Waals surface area contributed by atoms with Gasteiger partial charge in [-0.05, 0) is 55.7 Å². The molecule has 0 bridgehead atoms. The number of benzene rings is 2. The molecule has 1 fully saturated rings. The van der Waals surface area contributed by atoms with Crippen LogP contribution < -0.4 is 9.47 Å². The number of hydrogen-bond acceptors (Lipinski definition) is 7. The molecule has 0 amide bonds. The third-order valence-corrected chi connectivity index (χ3v) is 7.21. The predicted octanol–water partition coefficient (Wildman–Crippen LogP) is 3.51. The van der Waals surface area contributed by atoms with E-state index in [9.17, 15) is 8.42 Å². The van der Waals surface area contributed by atoms with Gasteiger partial charge in [-0.15, -0.1) is 10.2 Å². The number of rotatable bonds is 6. The molecule has 1 aromatic heterocycles. The Labute approximate surface area is 175 Å². The summed E-state index contributed by atoms with van der Waals surface area (Å²) in [5.41, 5.74) is 1.91. The van der Waals surface area contributed by atoms with Crippen molar-refractivity contribution in [3.8, 4) is 34.4 Å². The van der Waals surface area contributed by atoms with Crippen molar-refractivity contribution in [3.05, 3.63) is 42.0 Å². The first kappa shape index (κ1) is 20.4. The third kappa shape index (κ3) is 3.66. The van der Waals surface area contributed by atoms with Crippen molar-refractivity contribution in [1.82, 2.24) is 14.5 Å². The van der Waals surface area contributed by atoms with Crippen molar-refractivity contribution in [2.24, 2.45) is 0 Å². The number of aromatic nitrogens is 2. The summed E-state index contributed by atoms with van der Waals surface area (Å²) < 4.78 is 44.0. The highest BCUT2D eigenvalue weighted by atomic mass is 32.2. The van der Waals surface area contributed by atoms with Crippen molar-refractivity contribution in [2.45, 2.75) is 24.7 Å². The van der Waals surface area contributed by atoms with Crippen molar-refractivity contribution < 1.29 is 22.3 Å². The highest BCUT2D eigenvalue weighted by molar-refractivity contribution is 7.89. The molecule has 30 heavy (non-hydrogen) atoms. The fourth-order valence-electron chi connectivity index (χ4n) is 3.50. The third-order valence-electron chi connectivity index (χ3n) is 5.17. The minimum Gasteiger partial charge on any atom is -0.493 e. The van der Waals surface area contributed by atoms with Crippen LogP contribution in [-0.2, 0) is 10.0 Å². The Balaban J connectivity index is 1.69. The average molecular weight is 429 g/mol. The molecule has 0 unspecified atom stereocenters. The molecule has 8 nitrogen and oxygen atoms in total. The number of hydrogen-bond donors (Lipinski definition) is 0. The van der Waals surface area contributed by atoms with Gasteiger partial charge in [0.2, 0.25) is 21.8 Å². The van der Waals surface area contributed by atoms with E-state index in [4.69, 9.17) is 13.9 Å². The lowest BCUT2D eigenvalue weighted by Gasteiger charge is -2.17. The molecule has 2 heterocycles. The van der Waals surface area contributed by atoms with E-state index in [-0.39, 0.29) is 10.8 Å². The molecule has 4 rings (SSSR count). The maximum absolute atomic E-state index is 13.0. The summed E-state index contributed by atoms with van der Waals surface area (Å²) >= 11 is 0. The topological polar surface area (TPSA) is 94.8 Å². The Morgan fingerprint density at radius 3 is 2.13 bits per heavy atom. The van der Waals surface area contributed by atoms with Gasteiger partial charge in [0.05, 0.1) is 19.1 Å². The molecule has 158 valence electrons.